The van der Waals surface area contributed by atoms with E-state index in [1.165, 1.54) is 0 Å². The highest BCUT2D eigenvalue weighted by atomic mass is 32.2. The lowest BCUT2D eigenvalue weighted by Gasteiger charge is -2.07. The average Bonchev–Trinajstić information content (AvgIpc) is 2.99. The maximum atomic E-state index is 13.0. The van der Waals surface area contributed by atoms with Crippen LogP contribution in [0.25, 0.3) is 0 Å². The number of benzene rings is 1. The smallest absolute Gasteiger partial charge is 0.256 e. The average molecular weight is 388 g/mol. The Bertz CT molecular complexity index is 908. The summed E-state index contributed by atoms with van der Waals surface area (Å²) < 4.78 is 37.7. The molecule has 0 aliphatic heterocycles. The van der Waals surface area contributed by atoms with Gasteiger partial charge in [-0.3, -0.25) is 9.59 Å². The van der Waals surface area contributed by atoms with Gasteiger partial charge < -0.3 is 21.3 Å². The lowest BCUT2D eigenvalue weighted by molar-refractivity contribution is -0.125. The number of anilines is 1. The van der Waals surface area contributed by atoms with E-state index in [0.29, 0.717) is 11.3 Å². The Kier molecular flexibility index (Phi) is 5.52. The summed E-state index contributed by atoms with van der Waals surface area (Å²) >= 11 is 0.543. The van der Waals surface area contributed by atoms with E-state index in [0.717, 1.165) is 30.3 Å². The number of carbonyl (C=O) groups is 2. The van der Waals surface area contributed by atoms with Crippen LogP contribution in [0.2, 0.25) is 0 Å². The Morgan fingerprint density at radius 3 is 2.40 bits per heavy atom. The van der Waals surface area contributed by atoms with Gasteiger partial charge in [-0.05, 0) is 30.3 Å². The Labute approximate surface area is 145 Å². The monoisotopic (exact) mass is 388 g/mol. The van der Waals surface area contributed by atoms with Crippen LogP contribution >= 0.6 is 11.3 Å². The SMILES string of the molecule is NC(=O)c1cc(S(=O)(=O)c2ccc(F)cc2)sc1NC(=O)C(O)CO. The van der Waals surface area contributed by atoms with E-state index in [1.54, 1.807) is 0 Å². The number of hydrogen-bond donors (Lipinski definition) is 4. The molecule has 1 aromatic heterocycles. The Balaban J connectivity index is 2.46. The van der Waals surface area contributed by atoms with Crippen molar-refractivity contribution in [2.45, 2.75) is 15.2 Å². The zero-order valence-corrected chi connectivity index (χ0v) is 14.1. The number of hydrogen-bond acceptors (Lipinski definition) is 7. The van der Waals surface area contributed by atoms with E-state index in [4.69, 9.17) is 10.8 Å². The van der Waals surface area contributed by atoms with Gasteiger partial charge in [0.25, 0.3) is 11.8 Å². The highest BCUT2D eigenvalue weighted by molar-refractivity contribution is 7.93. The summed E-state index contributed by atoms with van der Waals surface area (Å²) in [5, 5.41) is 20.0. The molecule has 1 heterocycles. The molecule has 0 bridgehead atoms. The second-order valence-corrected chi connectivity index (χ2v) is 8.05. The van der Waals surface area contributed by atoms with Crippen LogP contribution in [0, 0.1) is 5.82 Å². The summed E-state index contributed by atoms with van der Waals surface area (Å²) in [6.45, 7) is -0.857. The molecule has 134 valence electrons. The second-order valence-electron chi connectivity index (χ2n) is 4.82. The van der Waals surface area contributed by atoms with Crippen molar-refractivity contribution < 1.29 is 32.6 Å². The summed E-state index contributed by atoms with van der Waals surface area (Å²) in [4.78, 5) is 22.9. The fourth-order valence-corrected chi connectivity index (χ4v) is 4.56. The number of sulfone groups is 1. The number of rotatable bonds is 6. The number of thiophene rings is 1. The maximum Gasteiger partial charge on any atom is 0.256 e. The first kappa shape index (κ1) is 19.0. The molecule has 2 amide bonds. The molecule has 0 spiro atoms. The molecule has 1 atom stereocenters. The van der Waals surface area contributed by atoms with Gasteiger partial charge in [-0.2, -0.15) is 0 Å². The van der Waals surface area contributed by atoms with Crippen molar-refractivity contribution in [3.8, 4) is 0 Å². The van der Waals surface area contributed by atoms with Crippen LogP contribution in [0.15, 0.2) is 39.4 Å². The van der Waals surface area contributed by atoms with Crippen molar-refractivity contribution in [3.63, 3.8) is 0 Å². The Hall–Kier alpha value is -2.34. The molecule has 5 N–H and O–H groups in total. The normalized spacial score (nSPS) is 12.6. The van der Waals surface area contributed by atoms with Crippen LogP contribution in [0.3, 0.4) is 0 Å². The molecular weight excluding hydrogens is 375 g/mol. The molecule has 0 fully saturated rings. The van der Waals surface area contributed by atoms with Gasteiger partial charge in [0.15, 0.2) is 6.10 Å². The van der Waals surface area contributed by atoms with Crippen molar-refractivity contribution >= 4 is 38.0 Å². The van der Waals surface area contributed by atoms with Crippen molar-refractivity contribution in [2.24, 2.45) is 5.73 Å². The van der Waals surface area contributed by atoms with Crippen LogP contribution in [0.1, 0.15) is 10.4 Å². The molecule has 2 rings (SSSR count). The van der Waals surface area contributed by atoms with E-state index in [9.17, 15) is 27.5 Å². The molecule has 25 heavy (non-hydrogen) atoms. The minimum absolute atomic E-state index is 0.189. The third kappa shape index (κ3) is 4.02. The molecule has 0 radical (unpaired) electrons. The summed E-state index contributed by atoms with van der Waals surface area (Å²) in [6.07, 6.45) is -1.75. The second kappa shape index (κ2) is 7.27. The van der Waals surface area contributed by atoms with Crippen molar-refractivity contribution in [1.29, 1.82) is 0 Å². The molecule has 11 heteroatoms. The van der Waals surface area contributed by atoms with Gasteiger partial charge in [0, 0.05) is 0 Å². The highest BCUT2D eigenvalue weighted by Crippen LogP contribution is 2.34. The zero-order chi connectivity index (χ0) is 18.8. The molecular formula is C14H13FN2O6S2. The predicted octanol–water partition coefficient (Wildman–Crippen LogP) is 0.111. The molecule has 1 aromatic carbocycles. The van der Waals surface area contributed by atoms with Gasteiger partial charge in [-0.15, -0.1) is 11.3 Å². The third-order valence-corrected chi connectivity index (χ3v) is 6.37. The van der Waals surface area contributed by atoms with Gasteiger partial charge >= 0.3 is 0 Å². The maximum absolute atomic E-state index is 13.0. The quantitative estimate of drug-likeness (QED) is 0.517. The predicted molar refractivity (Wildman–Crippen MR) is 86.4 cm³/mol. The van der Waals surface area contributed by atoms with E-state index in [1.807, 2.05) is 0 Å². The van der Waals surface area contributed by atoms with E-state index < -0.39 is 40.2 Å². The first-order valence-electron chi connectivity index (χ1n) is 6.71. The Morgan fingerprint density at radius 2 is 1.88 bits per heavy atom. The van der Waals surface area contributed by atoms with E-state index in [-0.39, 0.29) is 19.7 Å². The zero-order valence-electron chi connectivity index (χ0n) is 12.5. The molecule has 0 saturated carbocycles. The fraction of sp³-hybridized carbons (Fsp3) is 0.143. The summed E-state index contributed by atoms with van der Waals surface area (Å²) in [5.74, 6) is -2.64. The number of aliphatic hydroxyl groups is 2. The van der Waals surface area contributed by atoms with E-state index >= 15 is 0 Å². The lowest BCUT2D eigenvalue weighted by Crippen LogP contribution is -2.31. The molecule has 0 aliphatic rings. The highest BCUT2D eigenvalue weighted by Gasteiger charge is 2.26. The van der Waals surface area contributed by atoms with E-state index in [2.05, 4.69) is 5.32 Å². The molecule has 0 saturated heterocycles. The van der Waals surface area contributed by atoms with Gasteiger partial charge in [-0.1, -0.05) is 0 Å². The van der Waals surface area contributed by atoms with Crippen LogP contribution in [-0.2, 0) is 14.6 Å². The first-order chi connectivity index (χ1) is 11.7. The number of nitrogens with one attached hydrogen (secondary N) is 1. The molecule has 2 aromatic rings. The minimum Gasteiger partial charge on any atom is -0.393 e. The number of halogens is 1. The molecule has 8 nitrogen and oxygen atoms in total. The Morgan fingerprint density at radius 1 is 1.28 bits per heavy atom. The lowest BCUT2D eigenvalue weighted by atomic mass is 10.3. The topological polar surface area (TPSA) is 147 Å². The number of primary amides is 1. The first-order valence-corrected chi connectivity index (χ1v) is 9.01. The van der Waals surface area contributed by atoms with Crippen molar-refractivity contribution in [2.75, 3.05) is 11.9 Å². The molecule has 1 unspecified atom stereocenters. The minimum atomic E-state index is -4.07. The largest absolute Gasteiger partial charge is 0.393 e. The number of aliphatic hydroxyl groups excluding tert-OH is 2. The summed E-state index contributed by atoms with van der Waals surface area (Å²) in [7, 11) is -4.07. The van der Waals surface area contributed by atoms with Crippen molar-refractivity contribution in [3.05, 3.63) is 41.7 Å². The van der Waals surface area contributed by atoms with Crippen LogP contribution in [0.4, 0.5) is 9.39 Å². The number of carbonyl (C=O) groups excluding carboxylic acids is 2. The van der Waals surface area contributed by atoms with Crippen molar-refractivity contribution in [1.82, 2.24) is 0 Å². The summed E-state index contributed by atoms with van der Waals surface area (Å²) in [6, 6.07) is 5.03. The third-order valence-electron chi connectivity index (χ3n) is 3.08. The van der Waals surface area contributed by atoms with Gasteiger partial charge in [0.1, 0.15) is 15.0 Å². The van der Waals surface area contributed by atoms with Gasteiger partial charge in [0.2, 0.25) is 9.84 Å². The number of amides is 2. The molecule has 0 aliphatic carbocycles. The fourth-order valence-electron chi connectivity index (χ4n) is 1.78. The van der Waals surface area contributed by atoms with Crippen LogP contribution in [-0.4, -0.2) is 43.2 Å². The standard InChI is InChI=1S/C14H13FN2O6S2/c15-7-1-3-8(4-2-7)25(22,23)11-5-9(12(16)20)14(24-11)17-13(21)10(19)6-18/h1-5,10,18-19H,6H2,(H2,16,20)(H,17,21). The van der Waals surface area contributed by atoms with Crippen LogP contribution < -0.4 is 11.1 Å². The number of nitrogens with two attached hydrogens (primary N) is 1. The van der Waals surface area contributed by atoms with Gasteiger partial charge in [0.05, 0.1) is 17.1 Å². The van der Waals surface area contributed by atoms with Crippen LogP contribution in [0.5, 0.6) is 0 Å². The van der Waals surface area contributed by atoms with Gasteiger partial charge in [-0.25, -0.2) is 12.8 Å². The summed E-state index contributed by atoms with van der Waals surface area (Å²) in [5.41, 5.74) is 4.90.